The summed E-state index contributed by atoms with van der Waals surface area (Å²) in [5.41, 5.74) is 0. The van der Waals surface area contributed by atoms with Crippen LogP contribution in [-0.2, 0) is 0 Å². The molecule has 5 unspecified atom stereocenters. The van der Waals surface area contributed by atoms with Crippen LogP contribution in [0.25, 0.3) is 0 Å². The van der Waals surface area contributed by atoms with Crippen LogP contribution < -0.4 is 10.6 Å². The van der Waals surface area contributed by atoms with E-state index in [-0.39, 0.29) is 14.9 Å². The van der Waals surface area contributed by atoms with E-state index in [1.807, 2.05) is 7.05 Å². The Morgan fingerprint density at radius 1 is 1.67 bits per heavy atom. The van der Waals surface area contributed by atoms with E-state index in [1.165, 1.54) is 6.16 Å². The Morgan fingerprint density at radius 3 is 2.50 bits per heavy atom. The summed E-state index contributed by atoms with van der Waals surface area (Å²) in [6.07, 6.45) is 1.28. The zero-order valence-corrected chi connectivity index (χ0v) is 10.2. The molecule has 1 aliphatic rings. The van der Waals surface area contributed by atoms with Crippen molar-refractivity contribution in [2.75, 3.05) is 13.2 Å². The SMILES string of the molecule is C.C.CNC1N[C@@](P)(PP)CP1. The first kappa shape index (κ1) is 16.1. The highest BCUT2D eigenvalue weighted by Crippen LogP contribution is 2.49. The average molecular weight is 246 g/mol. The lowest BCUT2D eigenvalue weighted by molar-refractivity contribution is 0.592. The third kappa shape index (κ3) is 4.23. The normalized spacial score (nSPS) is 36.8. The Labute approximate surface area is 85.1 Å². The third-order valence-corrected chi connectivity index (χ3v) is 8.15. The van der Waals surface area contributed by atoms with Crippen molar-refractivity contribution < 1.29 is 0 Å². The first-order valence-electron chi connectivity index (χ1n) is 3.15. The minimum absolute atomic E-state index is 0. The molecule has 12 heavy (non-hydrogen) atoms. The van der Waals surface area contributed by atoms with Crippen molar-refractivity contribution in [3.63, 3.8) is 0 Å². The molecule has 1 fully saturated rings. The van der Waals surface area contributed by atoms with Crippen molar-refractivity contribution in [2.45, 2.75) is 25.8 Å². The van der Waals surface area contributed by atoms with Crippen molar-refractivity contribution in [1.82, 2.24) is 10.6 Å². The summed E-state index contributed by atoms with van der Waals surface area (Å²) in [6.45, 7) is 0. The fraction of sp³-hybridized carbons (Fsp3) is 1.00. The molecule has 2 N–H and O–H groups in total. The lowest BCUT2D eigenvalue weighted by atomic mass is 10.7. The largest absolute Gasteiger partial charge is 0.302 e. The van der Waals surface area contributed by atoms with Gasteiger partial charge in [0.15, 0.2) is 0 Å². The molecule has 0 aromatic rings. The van der Waals surface area contributed by atoms with Gasteiger partial charge in [-0.25, -0.2) is 0 Å². The van der Waals surface area contributed by atoms with Crippen molar-refractivity contribution in [2.24, 2.45) is 0 Å². The van der Waals surface area contributed by atoms with Crippen molar-refractivity contribution in [3.05, 3.63) is 0 Å². The van der Waals surface area contributed by atoms with E-state index in [9.17, 15) is 0 Å². The number of nitrogens with one attached hydrogen (secondary N) is 2. The molecule has 1 heterocycles. The molecule has 0 aromatic carbocycles. The second-order valence-corrected chi connectivity index (χ2v) is 7.31. The highest BCUT2D eigenvalue weighted by atomic mass is 32.0. The van der Waals surface area contributed by atoms with Crippen LogP contribution in [-0.4, -0.2) is 24.1 Å². The van der Waals surface area contributed by atoms with Gasteiger partial charge in [0.05, 0.1) is 10.9 Å². The van der Waals surface area contributed by atoms with Gasteiger partial charge < -0.3 is 5.32 Å². The fourth-order valence-corrected chi connectivity index (χ4v) is 5.02. The van der Waals surface area contributed by atoms with Gasteiger partial charge in [-0.15, -0.1) is 18.2 Å². The molecular weight excluding hydrogens is 224 g/mol. The van der Waals surface area contributed by atoms with Gasteiger partial charge in [-0.1, -0.05) is 31.7 Å². The van der Waals surface area contributed by atoms with Gasteiger partial charge in [-0.05, 0) is 13.2 Å². The molecular formula is C6H22N2P4. The molecule has 1 rings (SSSR count). The Bertz CT molecular complexity index is 124. The molecule has 0 aromatic heterocycles. The van der Waals surface area contributed by atoms with Crippen LogP contribution in [0.5, 0.6) is 0 Å². The molecule has 2 nitrogen and oxygen atoms in total. The molecule has 1 aliphatic heterocycles. The van der Waals surface area contributed by atoms with Crippen molar-refractivity contribution in [3.8, 4) is 0 Å². The van der Waals surface area contributed by atoms with Crippen molar-refractivity contribution >= 4 is 35.0 Å². The highest BCUT2D eigenvalue weighted by molar-refractivity contribution is 8.05. The second-order valence-electron chi connectivity index (χ2n) is 2.36. The molecule has 0 aliphatic carbocycles. The number of rotatable bonds is 2. The van der Waals surface area contributed by atoms with Gasteiger partial charge >= 0.3 is 0 Å². The molecule has 0 bridgehead atoms. The van der Waals surface area contributed by atoms with Gasteiger partial charge in [-0.2, -0.15) is 0 Å². The lowest BCUT2D eigenvalue weighted by Crippen LogP contribution is -2.40. The molecule has 0 amide bonds. The molecule has 0 spiro atoms. The average Bonchev–Trinajstić information content (AvgIpc) is 2.33. The van der Waals surface area contributed by atoms with Crippen LogP contribution in [0.4, 0.5) is 0 Å². The van der Waals surface area contributed by atoms with Gasteiger partial charge in [0, 0.05) is 0 Å². The van der Waals surface area contributed by atoms with Crippen LogP contribution in [0.3, 0.4) is 0 Å². The monoisotopic (exact) mass is 246 g/mol. The second kappa shape index (κ2) is 7.00. The zero-order chi connectivity index (χ0) is 7.61. The first-order valence-corrected chi connectivity index (χ1v) is 7.82. The van der Waals surface area contributed by atoms with Gasteiger partial charge in [0.2, 0.25) is 0 Å². The van der Waals surface area contributed by atoms with E-state index in [1.54, 1.807) is 0 Å². The van der Waals surface area contributed by atoms with Crippen LogP contribution in [0.2, 0.25) is 0 Å². The maximum absolute atomic E-state index is 3.52. The number of hydrogen-bond donors (Lipinski definition) is 2. The number of hydrogen-bond acceptors (Lipinski definition) is 2. The highest BCUT2D eigenvalue weighted by Gasteiger charge is 2.31. The van der Waals surface area contributed by atoms with Crippen molar-refractivity contribution in [1.29, 1.82) is 0 Å². The molecule has 76 valence electrons. The van der Waals surface area contributed by atoms with E-state index < -0.39 is 0 Å². The smallest absolute Gasteiger partial charge is 0.0751 e. The quantitative estimate of drug-likeness (QED) is 0.728. The Kier molecular flexibility index (Phi) is 9.38. The zero-order valence-electron chi connectivity index (χ0n) is 5.94. The van der Waals surface area contributed by atoms with Crippen LogP contribution in [0, 0.1) is 0 Å². The summed E-state index contributed by atoms with van der Waals surface area (Å²) in [4.78, 5) is 0. The lowest BCUT2D eigenvalue weighted by Gasteiger charge is -2.22. The van der Waals surface area contributed by atoms with Gasteiger partial charge in [0.1, 0.15) is 0 Å². The van der Waals surface area contributed by atoms with Gasteiger partial charge in [0.25, 0.3) is 0 Å². The van der Waals surface area contributed by atoms with E-state index in [4.69, 9.17) is 0 Å². The van der Waals surface area contributed by atoms with E-state index in [2.05, 4.69) is 28.8 Å². The van der Waals surface area contributed by atoms with E-state index in [0.29, 0.717) is 10.9 Å². The molecule has 6 atom stereocenters. The van der Waals surface area contributed by atoms with Crippen LogP contribution in [0.1, 0.15) is 14.9 Å². The fourth-order valence-electron chi connectivity index (χ4n) is 0.890. The minimum Gasteiger partial charge on any atom is -0.302 e. The van der Waals surface area contributed by atoms with E-state index in [0.717, 1.165) is 16.9 Å². The van der Waals surface area contributed by atoms with Crippen LogP contribution >= 0.6 is 35.0 Å². The molecule has 0 radical (unpaired) electrons. The maximum Gasteiger partial charge on any atom is 0.0751 e. The Morgan fingerprint density at radius 2 is 2.25 bits per heavy atom. The predicted molar refractivity (Wildman–Crippen MR) is 73.1 cm³/mol. The Balaban J connectivity index is 0. The summed E-state index contributed by atoms with van der Waals surface area (Å²) >= 11 is 0. The molecule has 1 saturated heterocycles. The topological polar surface area (TPSA) is 24.1 Å². The Hall–Kier alpha value is 1.64. The summed E-state index contributed by atoms with van der Waals surface area (Å²) < 4.78 is 0. The van der Waals surface area contributed by atoms with E-state index >= 15 is 0 Å². The molecule has 0 saturated carbocycles. The van der Waals surface area contributed by atoms with Gasteiger partial charge in [-0.3, -0.25) is 5.32 Å². The minimum atomic E-state index is 0. The summed E-state index contributed by atoms with van der Waals surface area (Å²) in [5.74, 6) is 0.547. The summed E-state index contributed by atoms with van der Waals surface area (Å²) in [6, 6.07) is 0. The maximum atomic E-state index is 3.52. The van der Waals surface area contributed by atoms with Crippen LogP contribution in [0.15, 0.2) is 0 Å². The molecule has 6 heteroatoms. The first-order chi connectivity index (χ1) is 4.70. The summed E-state index contributed by atoms with van der Waals surface area (Å²) in [7, 11) is 9.62. The third-order valence-electron chi connectivity index (χ3n) is 1.53. The predicted octanol–water partition coefficient (Wildman–Crippen LogP) is 2.04. The standard InChI is InChI=1S/C4H14N2P4.2CH4/c1-5-3-6-4(7,10-8)2-9-3;;/h3,5-6,9-10H,2,7-8H2,1H3;2*1H4/t3?,4-;;/m0../s1. The summed E-state index contributed by atoms with van der Waals surface area (Å²) in [5, 5.41) is 7.08.